The topological polar surface area (TPSA) is 49.3 Å². The molecule has 7 heteroatoms. The summed E-state index contributed by atoms with van der Waals surface area (Å²) < 4.78 is 17.6. The molecule has 1 aliphatic heterocycles. The molecule has 0 N–H and O–H groups in total. The molecule has 1 aromatic heterocycles. The van der Waals surface area contributed by atoms with Crippen LogP contribution in [0.2, 0.25) is 0 Å². The number of aromatic nitrogens is 2. The van der Waals surface area contributed by atoms with Crippen LogP contribution in [0.15, 0.2) is 48.5 Å². The van der Waals surface area contributed by atoms with Crippen LogP contribution in [0.3, 0.4) is 0 Å². The average Bonchev–Trinajstić information content (AvgIpc) is 3.27. The Labute approximate surface area is 193 Å². The first kappa shape index (κ1) is 22.4. The Morgan fingerprint density at radius 1 is 1.09 bits per heavy atom. The van der Waals surface area contributed by atoms with Gasteiger partial charge in [0.25, 0.3) is 5.91 Å². The maximum Gasteiger partial charge on any atom is 0.254 e. The number of hydrogen-bond donors (Lipinski definition) is 0. The lowest BCUT2D eigenvalue weighted by Crippen LogP contribution is -2.54. The molecule has 1 aliphatic rings. The van der Waals surface area contributed by atoms with Crippen LogP contribution in [0.1, 0.15) is 54.0 Å². The first-order valence-electron chi connectivity index (χ1n) is 11.3. The third-order valence-electron chi connectivity index (χ3n) is 5.91. The number of aryl methyl sites for hydroxylation is 1. The molecule has 0 radical (unpaired) electrons. The lowest BCUT2D eigenvalue weighted by atomic mass is 10.0. The zero-order valence-corrected chi connectivity index (χ0v) is 19.4. The number of carbonyl (C=O) groups excluding carboxylic acids is 1. The quantitative estimate of drug-likeness (QED) is 0.508. The minimum Gasteiger partial charge on any atom is -0.343 e. The second kappa shape index (κ2) is 10.2. The number of carbonyl (C=O) groups is 1. The van der Waals surface area contributed by atoms with Gasteiger partial charge >= 0.3 is 0 Å². The molecule has 2 aromatic carbocycles. The summed E-state index contributed by atoms with van der Waals surface area (Å²) >= 11 is 1.38. The highest BCUT2D eigenvalue weighted by atomic mass is 32.1. The molecular formula is C25H29FN4OS. The van der Waals surface area contributed by atoms with Crippen LogP contribution < -0.4 is 4.90 Å². The summed E-state index contributed by atoms with van der Waals surface area (Å²) in [5.74, 6) is 0.592. The molecule has 1 saturated heterocycles. The summed E-state index contributed by atoms with van der Waals surface area (Å²) in [4.78, 5) is 21.9. The van der Waals surface area contributed by atoms with Crippen molar-refractivity contribution in [2.75, 3.05) is 24.5 Å². The molecular weight excluding hydrogens is 423 g/mol. The van der Waals surface area contributed by atoms with Gasteiger partial charge in [-0.2, -0.15) is 4.37 Å². The van der Waals surface area contributed by atoms with Crippen molar-refractivity contribution >= 4 is 22.6 Å². The Hall–Kier alpha value is -2.80. The van der Waals surface area contributed by atoms with Gasteiger partial charge in [0.05, 0.1) is 0 Å². The predicted octanol–water partition coefficient (Wildman–Crippen LogP) is 4.96. The Bertz CT molecular complexity index is 1030. The zero-order chi connectivity index (χ0) is 22.5. The predicted molar refractivity (Wildman–Crippen MR) is 127 cm³/mol. The smallest absolute Gasteiger partial charge is 0.254 e. The molecule has 1 unspecified atom stereocenters. The Morgan fingerprint density at radius 3 is 2.50 bits per heavy atom. The first-order chi connectivity index (χ1) is 15.5. The normalized spacial score (nSPS) is 16.4. The van der Waals surface area contributed by atoms with Crippen LogP contribution in [-0.2, 0) is 12.8 Å². The second-order valence-electron chi connectivity index (χ2n) is 8.39. The van der Waals surface area contributed by atoms with E-state index in [-0.39, 0.29) is 17.8 Å². The fourth-order valence-electron chi connectivity index (χ4n) is 4.02. The minimum absolute atomic E-state index is 0.0838. The summed E-state index contributed by atoms with van der Waals surface area (Å²) in [6, 6.07) is 14.6. The summed E-state index contributed by atoms with van der Waals surface area (Å²) in [6.07, 6.45) is 3.98. The molecule has 0 bridgehead atoms. The molecule has 32 heavy (non-hydrogen) atoms. The van der Waals surface area contributed by atoms with Gasteiger partial charge in [0.1, 0.15) is 11.6 Å². The molecule has 4 rings (SSSR count). The fraction of sp³-hybridized carbons (Fsp3) is 0.400. The van der Waals surface area contributed by atoms with Gasteiger partial charge in [-0.1, -0.05) is 37.6 Å². The number of halogens is 1. The molecule has 168 valence electrons. The molecule has 0 aliphatic carbocycles. The first-order valence-corrected chi connectivity index (χ1v) is 12.0. The Kier molecular flexibility index (Phi) is 7.15. The number of anilines is 1. The summed E-state index contributed by atoms with van der Waals surface area (Å²) in [5, 5.41) is 0.876. The Balaban J connectivity index is 1.35. The van der Waals surface area contributed by atoms with Crippen molar-refractivity contribution in [3.8, 4) is 0 Å². The largest absolute Gasteiger partial charge is 0.343 e. The molecule has 2 heterocycles. The van der Waals surface area contributed by atoms with E-state index in [0.717, 1.165) is 41.6 Å². The molecule has 5 nitrogen and oxygen atoms in total. The van der Waals surface area contributed by atoms with Gasteiger partial charge in [-0.05, 0) is 55.2 Å². The monoisotopic (exact) mass is 452 g/mol. The van der Waals surface area contributed by atoms with Crippen molar-refractivity contribution in [1.82, 2.24) is 14.3 Å². The van der Waals surface area contributed by atoms with Crippen molar-refractivity contribution < 1.29 is 9.18 Å². The van der Waals surface area contributed by atoms with Gasteiger partial charge in [-0.15, -0.1) is 0 Å². The van der Waals surface area contributed by atoms with Crippen molar-refractivity contribution in [3.05, 3.63) is 76.9 Å². The highest BCUT2D eigenvalue weighted by molar-refractivity contribution is 7.09. The van der Waals surface area contributed by atoms with Crippen molar-refractivity contribution in [2.45, 2.75) is 45.6 Å². The number of amides is 1. The lowest BCUT2D eigenvalue weighted by molar-refractivity contribution is 0.0674. The van der Waals surface area contributed by atoms with Crippen LogP contribution in [0.4, 0.5) is 9.52 Å². The SMILES string of the molecule is CCCCc1ccc(C(=O)N2CCN(c3nc(Cc4ccc(F)cc4)ns3)CC2C)cc1. The van der Waals surface area contributed by atoms with Crippen LogP contribution in [0.25, 0.3) is 0 Å². The van der Waals surface area contributed by atoms with Crippen LogP contribution in [0, 0.1) is 5.82 Å². The number of benzene rings is 2. The van der Waals surface area contributed by atoms with Gasteiger partial charge in [0, 0.05) is 49.2 Å². The lowest BCUT2D eigenvalue weighted by Gasteiger charge is -2.39. The zero-order valence-electron chi connectivity index (χ0n) is 18.6. The fourth-order valence-corrected chi connectivity index (χ4v) is 4.74. The van der Waals surface area contributed by atoms with Gasteiger partial charge in [0.15, 0.2) is 0 Å². The number of nitrogens with zero attached hydrogens (tertiary/aromatic N) is 4. The molecule has 0 saturated carbocycles. The van der Waals surface area contributed by atoms with E-state index in [2.05, 4.69) is 40.2 Å². The molecule has 1 fully saturated rings. The molecule has 0 spiro atoms. The van der Waals surface area contributed by atoms with E-state index in [9.17, 15) is 9.18 Å². The van der Waals surface area contributed by atoms with Gasteiger partial charge < -0.3 is 9.80 Å². The number of rotatable bonds is 7. The van der Waals surface area contributed by atoms with E-state index >= 15 is 0 Å². The van der Waals surface area contributed by atoms with E-state index in [0.29, 0.717) is 13.0 Å². The van der Waals surface area contributed by atoms with Crippen molar-refractivity contribution in [3.63, 3.8) is 0 Å². The van der Waals surface area contributed by atoms with Crippen molar-refractivity contribution in [1.29, 1.82) is 0 Å². The number of piperazine rings is 1. The average molecular weight is 453 g/mol. The standard InChI is InChI=1S/C25H29FN4OS/c1-3-4-5-19-6-10-21(11-7-19)24(31)30-15-14-29(17-18(30)2)25-27-23(28-32-25)16-20-8-12-22(26)13-9-20/h6-13,18H,3-5,14-17H2,1-2H3. The third-order valence-corrected chi connectivity index (χ3v) is 6.73. The maximum atomic E-state index is 13.1. The van der Waals surface area contributed by atoms with Gasteiger partial charge in [-0.3, -0.25) is 4.79 Å². The van der Waals surface area contributed by atoms with Crippen LogP contribution >= 0.6 is 11.5 Å². The number of unbranched alkanes of at least 4 members (excludes halogenated alkanes) is 1. The molecule has 3 aromatic rings. The highest BCUT2D eigenvalue weighted by Gasteiger charge is 2.29. The van der Waals surface area contributed by atoms with E-state index in [1.165, 1.54) is 42.1 Å². The van der Waals surface area contributed by atoms with E-state index in [4.69, 9.17) is 0 Å². The summed E-state index contributed by atoms with van der Waals surface area (Å²) in [5.41, 5.74) is 3.03. The molecule has 1 amide bonds. The number of hydrogen-bond acceptors (Lipinski definition) is 5. The Morgan fingerprint density at radius 2 is 1.81 bits per heavy atom. The van der Waals surface area contributed by atoms with E-state index in [1.54, 1.807) is 12.1 Å². The van der Waals surface area contributed by atoms with E-state index in [1.807, 2.05) is 17.0 Å². The second-order valence-corrected chi connectivity index (χ2v) is 9.12. The van der Waals surface area contributed by atoms with Gasteiger partial charge in [0.2, 0.25) is 5.13 Å². The maximum absolute atomic E-state index is 13.1. The van der Waals surface area contributed by atoms with Crippen LogP contribution in [0.5, 0.6) is 0 Å². The molecule has 1 atom stereocenters. The van der Waals surface area contributed by atoms with Crippen LogP contribution in [-0.4, -0.2) is 45.8 Å². The van der Waals surface area contributed by atoms with Gasteiger partial charge in [-0.25, -0.2) is 9.37 Å². The highest BCUT2D eigenvalue weighted by Crippen LogP contribution is 2.23. The third kappa shape index (κ3) is 5.33. The summed E-state index contributed by atoms with van der Waals surface area (Å²) in [7, 11) is 0. The van der Waals surface area contributed by atoms with E-state index < -0.39 is 0 Å². The van der Waals surface area contributed by atoms with Crippen molar-refractivity contribution in [2.24, 2.45) is 0 Å². The summed E-state index contributed by atoms with van der Waals surface area (Å²) in [6.45, 7) is 6.39. The minimum atomic E-state index is -0.241.